The molecule has 1 unspecified atom stereocenters. The maximum absolute atomic E-state index is 13.7. The molecule has 6 rings (SSSR count). The van der Waals surface area contributed by atoms with Gasteiger partial charge in [-0.15, -0.1) is 0 Å². The number of hydrogen-bond acceptors (Lipinski definition) is 2. The van der Waals surface area contributed by atoms with Gasteiger partial charge in [-0.1, -0.05) is 6.08 Å². The number of carbonyl (C=O) groups is 2. The lowest BCUT2D eigenvalue weighted by atomic mass is 9.53. The van der Waals surface area contributed by atoms with Crippen molar-refractivity contribution in [2.75, 3.05) is 0 Å². The smallest absolute Gasteiger partial charge is 0.270 e. The summed E-state index contributed by atoms with van der Waals surface area (Å²) in [7, 11) is 0. The average molecular weight is 426 g/mol. The second kappa shape index (κ2) is 6.33. The Morgan fingerprint density at radius 2 is 1.63 bits per heavy atom. The number of rotatable bonds is 2. The first-order valence-electron chi connectivity index (χ1n) is 10.8. The molecular formula is C22H26F4N2O2. The van der Waals surface area contributed by atoms with Crippen molar-refractivity contribution in [3.63, 3.8) is 0 Å². The number of halogens is 4. The Morgan fingerprint density at radius 1 is 1.07 bits per heavy atom. The summed E-state index contributed by atoms with van der Waals surface area (Å²) < 4.78 is 54.3. The van der Waals surface area contributed by atoms with Gasteiger partial charge >= 0.3 is 6.18 Å². The number of hydrogen-bond donors (Lipinski definition) is 0. The van der Waals surface area contributed by atoms with E-state index < -0.39 is 41.4 Å². The maximum Gasteiger partial charge on any atom is 0.413 e. The number of nitrogens with zero attached hydrogens (tertiary/aromatic N) is 2. The van der Waals surface area contributed by atoms with Crippen molar-refractivity contribution >= 4 is 11.8 Å². The Balaban J connectivity index is 1.50. The third-order valence-electron chi connectivity index (χ3n) is 7.90. The predicted molar refractivity (Wildman–Crippen MR) is 100 cm³/mol. The summed E-state index contributed by atoms with van der Waals surface area (Å²) in [6, 6.07) is -0.126. The third-order valence-corrected chi connectivity index (χ3v) is 7.90. The van der Waals surface area contributed by atoms with Gasteiger partial charge in [0.05, 0.1) is 6.04 Å². The van der Waals surface area contributed by atoms with Gasteiger partial charge in [-0.25, -0.2) is 14.4 Å². The zero-order valence-corrected chi connectivity index (χ0v) is 17.1. The lowest BCUT2D eigenvalue weighted by molar-refractivity contribution is -0.242. The van der Waals surface area contributed by atoms with Crippen molar-refractivity contribution in [2.45, 2.75) is 76.3 Å². The predicted octanol–water partition coefficient (Wildman–Crippen LogP) is 4.33. The second-order valence-corrected chi connectivity index (χ2v) is 10.2. The number of alkyl halides is 4. The Morgan fingerprint density at radius 3 is 2.17 bits per heavy atom. The van der Waals surface area contributed by atoms with Gasteiger partial charge in [-0.3, -0.25) is 9.59 Å². The molecular weight excluding hydrogens is 400 g/mol. The van der Waals surface area contributed by atoms with Crippen LogP contribution in [-0.4, -0.2) is 45.8 Å². The van der Waals surface area contributed by atoms with Gasteiger partial charge in [0.25, 0.3) is 11.8 Å². The molecule has 1 heterocycles. The Kier molecular flexibility index (Phi) is 4.23. The van der Waals surface area contributed by atoms with Crippen molar-refractivity contribution in [1.29, 1.82) is 0 Å². The molecule has 0 aromatic heterocycles. The van der Waals surface area contributed by atoms with E-state index in [1.54, 1.807) is 13.8 Å². The van der Waals surface area contributed by atoms with E-state index in [4.69, 9.17) is 0 Å². The molecule has 30 heavy (non-hydrogen) atoms. The zero-order chi connectivity index (χ0) is 21.6. The molecule has 1 atom stereocenters. The summed E-state index contributed by atoms with van der Waals surface area (Å²) in [6.07, 6.45) is -0.212. The number of hydrazine groups is 1. The van der Waals surface area contributed by atoms with Gasteiger partial charge in [-0.2, -0.15) is 13.2 Å². The minimum atomic E-state index is -4.80. The molecule has 1 aliphatic heterocycles. The van der Waals surface area contributed by atoms with E-state index in [9.17, 15) is 27.2 Å². The Labute approximate surface area is 172 Å². The highest BCUT2D eigenvalue weighted by Gasteiger charge is 2.63. The molecule has 5 fully saturated rings. The van der Waals surface area contributed by atoms with E-state index in [1.807, 2.05) is 0 Å². The highest BCUT2D eigenvalue weighted by atomic mass is 19.4. The minimum Gasteiger partial charge on any atom is -0.270 e. The van der Waals surface area contributed by atoms with Crippen LogP contribution in [0.25, 0.3) is 0 Å². The zero-order valence-electron chi connectivity index (χ0n) is 17.1. The van der Waals surface area contributed by atoms with E-state index in [1.165, 1.54) is 16.4 Å². The fourth-order valence-corrected chi connectivity index (χ4v) is 6.86. The van der Waals surface area contributed by atoms with Crippen molar-refractivity contribution in [2.24, 2.45) is 23.7 Å². The van der Waals surface area contributed by atoms with Crippen LogP contribution in [0, 0.1) is 23.7 Å². The topological polar surface area (TPSA) is 40.6 Å². The van der Waals surface area contributed by atoms with Crippen LogP contribution >= 0.6 is 0 Å². The molecule has 0 radical (unpaired) electrons. The monoisotopic (exact) mass is 426 g/mol. The van der Waals surface area contributed by atoms with Crippen LogP contribution in [0.15, 0.2) is 23.3 Å². The van der Waals surface area contributed by atoms with E-state index in [-0.39, 0.29) is 11.9 Å². The first kappa shape index (κ1) is 20.1. The molecule has 5 aliphatic carbocycles. The summed E-state index contributed by atoms with van der Waals surface area (Å²) in [5.74, 6) is 0.850. The van der Waals surface area contributed by atoms with E-state index in [2.05, 4.69) is 0 Å². The quantitative estimate of drug-likeness (QED) is 0.617. The summed E-state index contributed by atoms with van der Waals surface area (Å²) in [6.45, 7) is 3.14. The van der Waals surface area contributed by atoms with Crippen LogP contribution in [0.4, 0.5) is 17.6 Å². The molecule has 4 saturated carbocycles. The standard InChI is InChI=1S/C22H26F4N2O2/c1-21(2)20(30)27(18-13-6-11-5-12(8-13)9-14(18)7-11)28(21)19(29)16-4-3-15(23)10-17(16)22(24,25)26/h3-4,11-15,18H,5-10H2,1-2H3. The molecule has 4 nitrogen and oxygen atoms in total. The normalized spacial score (nSPS) is 39.6. The molecule has 1 saturated heterocycles. The van der Waals surface area contributed by atoms with E-state index in [0.717, 1.165) is 37.8 Å². The molecule has 0 spiro atoms. The highest BCUT2D eigenvalue weighted by molar-refractivity contribution is 6.06. The largest absolute Gasteiger partial charge is 0.413 e. The average Bonchev–Trinajstić information content (AvgIpc) is 2.64. The van der Waals surface area contributed by atoms with E-state index >= 15 is 0 Å². The highest BCUT2D eigenvalue weighted by Crippen LogP contribution is 2.57. The molecule has 0 aromatic rings. The minimum absolute atomic E-state index is 0.126. The molecule has 2 amide bonds. The van der Waals surface area contributed by atoms with Gasteiger partial charge < -0.3 is 0 Å². The molecule has 0 N–H and O–H groups in total. The fourth-order valence-electron chi connectivity index (χ4n) is 6.86. The third kappa shape index (κ3) is 2.78. The molecule has 4 bridgehead atoms. The van der Waals surface area contributed by atoms with Crippen LogP contribution in [0.3, 0.4) is 0 Å². The van der Waals surface area contributed by atoms with Crippen molar-refractivity contribution in [3.8, 4) is 0 Å². The number of carbonyl (C=O) groups excluding carboxylic acids is 2. The van der Waals surface area contributed by atoms with Gasteiger partial charge in [0.15, 0.2) is 0 Å². The Bertz CT molecular complexity index is 832. The lowest BCUT2D eigenvalue weighted by Crippen LogP contribution is -2.81. The SMILES string of the molecule is CC1(C)C(=O)N(C2C3CC4CC(C3)CC2C4)N1C(=O)C1=C(C(F)(F)F)CC(F)C=C1. The molecule has 0 aromatic carbocycles. The fraction of sp³-hybridized carbons (Fsp3) is 0.727. The molecule has 8 heteroatoms. The molecule has 6 aliphatic rings. The summed E-state index contributed by atoms with van der Waals surface area (Å²) in [4.78, 5) is 26.4. The van der Waals surface area contributed by atoms with Crippen LogP contribution in [0.5, 0.6) is 0 Å². The van der Waals surface area contributed by atoms with E-state index in [0.29, 0.717) is 23.7 Å². The summed E-state index contributed by atoms with van der Waals surface area (Å²) in [5.41, 5.74) is -2.91. The lowest BCUT2D eigenvalue weighted by Gasteiger charge is -2.65. The van der Waals surface area contributed by atoms with Crippen LogP contribution in [-0.2, 0) is 9.59 Å². The summed E-state index contributed by atoms with van der Waals surface area (Å²) in [5, 5.41) is 2.69. The van der Waals surface area contributed by atoms with Crippen LogP contribution in [0.2, 0.25) is 0 Å². The van der Waals surface area contributed by atoms with Gasteiger partial charge in [0.2, 0.25) is 0 Å². The number of allylic oxidation sites excluding steroid dienone is 2. The van der Waals surface area contributed by atoms with Crippen LogP contribution in [0.1, 0.15) is 52.4 Å². The molecule has 164 valence electrons. The van der Waals surface area contributed by atoms with Crippen LogP contribution < -0.4 is 0 Å². The van der Waals surface area contributed by atoms with Crippen molar-refractivity contribution < 1.29 is 27.2 Å². The van der Waals surface area contributed by atoms with Gasteiger partial charge in [0, 0.05) is 17.6 Å². The second-order valence-electron chi connectivity index (χ2n) is 10.2. The summed E-state index contributed by atoms with van der Waals surface area (Å²) >= 11 is 0. The Hall–Kier alpha value is -1.86. The van der Waals surface area contributed by atoms with Crippen molar-refractivity contribution in [3.05, 3.63) is 23.3 Å². The first-order chi connectivity index (χ1) is 14.0. The maximum atomic E-state index is 13.7. The van der Waals surface area contributed by atoms with Gasteiger partial charge in [0.1, 0.15) is 11.7 Å². The first-order valence-corrected chi connectivity index (χ1v) is 10.8. The van der Waals surface area contributed by atoms with Gasteiger partial charge in [-0.05, 0) is 75.7 Å². The van der Waals surface area contributed by atoms with Crippen molar-refractivity contribution in [1.82, 2.24) is 10.0 Å². The number of amides is 2.